The Bertz CT molecular complexity index is 1960. The van der Waals surface area contributed by atoms with Gasteiger partial charge in [-0.3, -0.25) is 29.2 Å². The summed E-state index contributed by atoms with van der Waals surface area (Å²) in [5, 5.41) is 10.0. The summed E-state index contributed by atoms with van der Waals surface area (Å²) in [6.45, 7) is 5.94. The minimum absolute atomic E-state index is 0.162. The van der Waals surface area contributed by atoms with Crippen molar-refractivity contribution >= 4 is 50.2 Å². The van der Waals surface area contributed by atoms with Gasteiger partial charge in [-0.15, -0.1) is 0 Å². The van der Waals surface area contributed by atoms with Crippen LogP contribution < -0.4 is 26.8 Å². The minimum Gasteiger partial charge on any atom is -0.405 e. The van der Waals surface area contributed by atoms with Crippen molar-refractivity contribution in [3.8, 4) is 0 Å². The van der Waals surface area contributed by atoms with E-state index in [0.717, 1.165) is 63.6 Å². The molecule has 2 amide bonds. The number of piperidine rings is 2. The summed E-state index contributed by atoms with van der Waals surface area (Å²) < 4.78 is 8.92. The van der Waals surface area contributed by atoms with Crippen LogP contribution in [0.3, 0.4) is 0 Å². The number of carbonyl (C=O) groups is 2. The van der Waals surface area contributed by atoms with E-state index >= 15 is 0 Å². The smallest absolute Gasteiger partial charge is 0.405 e. The number of likely N-dealkylation sites (tertiary alicyclic amines) is 1. The fraction of sp³-hybridized carbons (Fsp3) is 0.441. The zero-order chi connectivity index (χ0) is 33.5. The van der Waals surface area contributed by atoms with Crippen molar-refractivity contribution in [1.29, 1.82) is 0 Å². The normalized spacial score (nSPS) is 22.6. The third-order valence-corrected chi connectivity index (χ3v) is 10.5. The lowest BCUT2D eigenvalue weighted by Gasteiger charge is -2.37. The zero-order valence-corrected chi connectivity index (χ0v) is 28.6. The quantitative estimate of drug-likeness (QED) is 0.275. The highest BCUT2D eigenvalue weighted by Gasteiger charge is 2.32. The molecule has 2 aromatic carbocycles. The van der Waals surface area contributed by atoms with Crippen molar-refractivity contribution in [3.05, 3.63) is 85.2 Å². The third-order valence-electron chi connectivity index (χ3n) is 9.78. The highest BCUT2D eigenvalue weighted by Crippen LogP contribution is 2.32. The van der Waals surface area contributed by atoms with Gasteiger partial charge in [0, 0.05) is 65.3 Å². The minimum atomic E-state index is -0.766. The van der Waals surface area contributed by atoms with Gasteiger partial charge >= 0.3 is 5.76 Å². The third kappa shape index (κ3) is 6.43. The van der Waals surface area contributed by atoms with Crippen LogP contribution in [-0.4, -0.2) is 88.3 Å². The van der Waals surface area contributed by atoms with E-state index < -0.39 is 17.7 Å². The maximum Gasteiger partial charge on any atom is 0.420 e. The Balaban J connectivity index is 0.970. The van der Waals surface area contributed by atoms with E-state index in [9.17, 15) is 19.2 Å². The van der Waals surface area contributed by atoms with E-state index in [1.165, 1.54) is 20.4 Å². The number of nitrogens with one attached hydrogen (secondary N) is 2. The fourth-order valence-electron chi connectivity index (χ4n) is 7.31. The van der Waals surface area contributed by atoms with Crippen LogP contribution in [0.2, 0.25) is 0 Å². The summed E-state index contributed by atoms with van der Waals surface area (Å²) in [7, 11) is 3.77. The number of benzene rings is 2. The number of carbonyl (C=O) groups excluding carboxylic acids is 2. The van der Waals surface area contributed by atoms with Crippen molar-refractivity contribution in [2.24, 2.45) is 7.05 Å². The molecule has 0 saturated carbocycles. The maximum atomic E-state index is 12.9. The average molecular weight is 720 g/mol. The van der Waals surface area contributed by atoms with Gasteiger partial charge in [-0.25, -0.2) is 9.48 Å². The van der Waals surface area contributed by atoms with Crippen molar-refractivity contribution < 1.29 is 14.0 Å². The molecule has 4 aromatic rings. The lowest BCUT2D eigenvalue weighted by atomic mass is 9.87. The number of fused-ring (bicyclic) bond motifs is 1. The molecule has 0 spiro atoms. The number of para-hydroxylation sites is 1. The summed E-state index contributed by atoms with van der Waals surface area (Å²) in [5.74, 6) is -1.02. The molecule has 3 aliphatic heterocycles. The predicted octanol–water partition coefficient (Wildman–Crippen LogP) is 2.65. The molecule has 3 atom stereocenters. The SMILES string of the molecule is CN1C[C@@H](Nc2cnn(C)c(=O)c2Br)C[C@@H](c2ccc(CN3CCN(c4cccc5c4oc(=O)n5C4CCC(=O)NC4=O)CC3)cc2)C1. The second-order valence-corrected chi connectivity index (χ2v) is 13.9. The van der Waals surface area contributed by atoms with Crippen LogP contribution in [-0.2, 0) is 23.2 Å². The van der Waals surface area contributed by atoms with Gasteiger partial charge in [-0.1, -0.05) is 30.3 Å². The average Bonchev–Trinajstić information content (AvgIpc) is 3.41. The molecule has 3 fully saturated rings. The van der Waals surface area contributed by atoms with E-state index in [-0.39, 0.29) is 30.3 Å². The first-order valence-corrected chi connectivity index (χ1v) is 17.1. The van der Waals surface area contributed by atoms with Crippen LogP contribution in [0.4, 0.5) is 11.4 Å². The number of anilines is 2. The molecule has 3 saturated heterocycles. The zero-order valence-electron chi connectivity index (χ0n) is 27.0. The van der Waals surface area contributed by atoms with E-state index in [0.29, 0.717) is 21.5 Å². The van der Waals surface area contributed by atoms with Crippen molar-refractivity contribution in [3.63, 3.8) is 0 Å². The van der Waals surface area contributed by atoms with E-state index in [2.05, 4.69) is 77.7 Å². The predicted molar refractivity (Wildman–Crippen MR) is 185 cm³/mol. The summed E-state index contributed by atoms with van der Waals surface area (Å²) in [5.41, 5.74) is 5.00. The molecular weight excluding hydrogens is 680 g/mol. The first kappa shape index (κ1) is 32.3. The molecule has 1 unspecified atom stereocenters. The summed E-state index contributed by atoms with van der Waals surface area (Å²) >= 11 is 3.43. The van der Waals surface area contributed by atoms with Crippen LogP contribution in [0.5, 0.6) is 0 Å². The van der Waals surface area contributed by atoms with Gasteiger partial charge in [-0.05, 0) is 65.0 Å². The van der Waals surface area contributed by atoms with Crippen LogP contribution in [0.15, 0.2) is 67.1 Å². The van der Waals surface area contributed by atoms with Crippen molar-refractivity contribution in [2.45, 2.75) is 43.8 Å². The second kappa shape index (κ2) is 13.3. The molecule has 252 valence electrons. The highest BCUT2D eigenvalue weighted by atomic mass is 79.9. The van der Waals surface area contributed by atoms with Gasteiger partial charge < -0.3 is 19.5 Å². The monoisotopic (exact) mass is 718 g/mol. The largest absolute Gasteiger partial charge is 0.420 e. The highest BCUT2D eigenvalue weighted by molar-refractivity contribution is 9.10. The number of aryl methyl sites for hydroxylation is 1. The number of halogens is 1. The Morgan fingerprint density at radius 2 is 1.77 bits per heavy atom. The maximum absolute atomic E-state index is 12.9. The number of piperazine rings is 1. The molecule has 5 heterocycles. The van der Waals surface area contributed by atoms with Gasteiger partial charge in [0.1, 0.15) is 10.5 Å². The Labute approximate surface area is 285 Å². The molecule has 7 rings (SSSR count). The number of imide groups is 1. The summed E-state index contributed by atoms with van der Waals surface area (Å²) in [4.78, 5) is 56.4. The number of hydrogen-bond acceptors (Lipinski definition) is 10. The van der Waals surface area contributed by atoms with Gasteiger partial charge in [0.05, 0.1) is 23.1 Å². The second-order valence-electron chi connectivity index (χ2n) is 13.1. The Hall–Kier alpha value is -4.27. The van der Waals surface area contributed by atoms with Crippen LogP contribution in [0.25, 0.3) is 11.1 Å². The molecule has 13 nitrogen and oxygen atoms in total. The Kier molecular flexibility index (Phi) is 8.96. The van der Waals surface area contributed by atoms with Gasteiger partial charge in [0.25, 0.3) is 5.56 Å². The molecule has 48 heavy (non-hydrogen) atoms. The molecule has 0 aliphatic carbocycles. The van der Waals surface area contributed by atoms with E-state index in [4.69, 9.17) is 4.42 Å². The topological polar surface area (TPSA) is 138 Å². The molecule has 14 heteroatoms. The van der Waals surface area contributed by atoms with Crippen molar-refractivity contribution in [1.82, 2.24) is 29.5 Å². The lowest BCUT2D eigenvalue weighted by molar-refractivity contribution is -0.135. The number of rotatable bonds is 7. The van der Waals surface area contributed by atoms with Crippen molar-refractivity contribution in [2.75, 3.05) is 56.5 Å². The molecular formula is C34H39BrN8O5. The van der Waals surface area contributed by atoms with E-state index in [1.807, 2.05) is 12.1 Å². The molecule has 2 aromatic heterocycles. The van der Waals surface area contributed by atoms with Gasteiger partial charge in [-0.2, -0.15) is 5.10 Å². The van der Waals surface area contributed by atoms with E-state index in [1.54, 1.807) is 19.3 Å². The molecule has 3 aliphatic rings. The number of likely N-dealkylation sites (N-methyl/N-ethyl adjacent to an activating group) is 1. The summed E-state index contributed by atoms with van der Waals surface area (Å²) in [6, 6.07) is 14.0. The van der Waals surface area contributed by atoms with Crippen LogP contribution in [0, 0.1) is 0 Å². The summed E-state index contributed by atoms with van der Waals surface area (Å²) in [6.07, 6.45) is 3.11. The first-order chi connectivity index (χ1) is 23.1. The number of amides is 2. The molecule has 2 N–H and O–H groups in total. The van der Waals surface area contributed by atoms with Gasteiger partial charge in [0.2, 0.25) is 11.8 Å². The van der Waals surface area contributed by atoms with Crippen LogP contribution >= 0.6 is 15.9 Å². The number of aromatic nitrogens is 3. The molecule has 0 bridgehead atoms. The first-order valence-electron chi connectivity index (χ1n) is 16.4. The lowest BCUT2D eigenvalue weighted by Crippen LogP contribution is -2.46. The number of nitrogens with zero attached hydrogens (tertiary/aromatic N) is 6. The number of hydrogen-bond donors (Lipinski definition) is 2. The number of oxazole rings is 1. The molecule has 0 radical (unpaired) electrons. The van der Waals surface area contributed by atoms with Gasteiger partial charge in [0.15, 0.2) is 5.58 Å². The Morgan fingerprint density at radius 1 is 1.00 bits per heavy atom. The standard InChI is InChI=1S/C34H39BrN8O5/c1-39-19-23(16-24(20-39)37-25-17-36-40(2)33(46)30(25)35)22-8-6-21(7-9-22)18-41-12-14-42(15-13-41)26-4-3-5-27-31(26)48-34(47)43(27)28-10-11-29(44)38-32(28)45/h3-9,17,23-24,28,37H,10-16,18-20H2,1-2H3,(H,38,44,45)/t23-,24+,28?/m1/s1. The Morgan fingerprint density at radius 3 is 2.52 bits per heavy atom. The van der Waals surface area contributed by atoms with Crippen LogP contribution in [0.1, 0.15) is 42.3 Å². The fourth-order valence-corrected chi connectivity index (χ4v) is 7.79.